The maximum absolute atomic E-state index is 10.1. The number of aromatic nitrogens is 3. The Hall–Kier alpha value is -7.04. The van der Waals surface area contributed by atoms with Crippen LogP contribution in [0.2, 0.25) is 0 Å². The van der Waals surface area contributed by atoms with Gasteiger partial charge in [-0.15, -0.1) is 0 Å². The molecule has 0 fully saturated rings. The van der Waals surface area contributed by atoms with E-state index in [9.17, 15) is 5.26 Å². The second-order valence-corrected chi connectivity index (χ2v) is 11.2. The Morgan fingerprint density at radius 2 is 0.878 bits per heavy atom. The van der Waals surface area contributed by atoms with Crippen molar-refractivity contribution in [2.75, 3.05) is 0 Å². The van der Waals surface area contributed by atoms with E-state index in [2.05, 4.69) is 6.07 Å². The van der Waals surface area contributed by atoms with Crippen LogP contribution in [0.1, 0.15) is 16.7 Å². The van der Waals surface area contributed by atoms with Crippen LogP contribution in [0.3, 0.4) is 0 Å². The molecule has 7 nitrogen and oxygen atoms in total. The molecule has 49 heavy (non-hydrogen) atoms. The van der Waals surface area contributed by atoms with Crippen molar-refractivity contribution in [3.05, 3.63) is 174 Å². The average molecular weight is 633 g/mol. The summed E-state index contributed by atoms with van der Waals surface area (Å²) in [5.41, 5.74) is 7.71. The zero-order valence-corrected chi connectivity index (χ0v) is 26.2. The number of nitrogens with one attached hydrogen (secondary N) is 2. The van der Waals surface area contributed by atoms with Crippen molar-refractivity contribution < 1.29 is 4.74 Å². The Bertz CT molecular complexity index is 2260. The molecule has 0 aliphatic rings. The average Bonchev–Trinajstić information content (AvgIpc) is 3.18. The minimum atomic E-state index is -0.119. The molecule has 7 heteroatoms. The summed E-state index contributed by atoms with van der Waals surface area (Å²) in [7, 11) is 0. The van der Waals surface area contributed by atoms with Crippen LogP contribution in [-0.2, 0) is 4.74 Å². The smallest absolute Gasteiger partial charge is 0.221 e. The number of rotatable bonds is 7. The predicted molar refractivity (Wildman–Crippen MR) is 193 cm³/mol. The van der Waals surface area contributed by atoms with Gasteiger partial charge in [0.25, 0.3) is 0 Å². The van der Waals surface area contributed by atoms with Gasteiger partial charge in [0.1, 0.15) is 0 Å². The molecule has 6 aromatic carbocycles. The highest BCUT2D eigenvalue weighted by molar-refractivity contribution is 6.05. The van der Waals surface area contributed by atoms with Gasteiger partial charge in [0.15, 0.2) is 17.5 Å². The molecule has 7 rings (SSSR count). The minimum Gasteiger partial charge on any atom is -0.421 e. The molecular weight excluding hydrogens is 605 g/mol. The number of nitriles is 1. The van der Waals surface area contributed by atoms with Crippen molar-refractivity contribution in [2.24, 2.45) is 0 Å². The van der Waals surface area contributed by atoms with E-state index in [1.54, 1.807) is 24.3 Å². The Morgan fingerprint density at radius 3 is 1.39 bits per heavy atom. The maximum atomic E-state index is 10.1. The van der Waals surface area contributed by atoms with Gasteiger partial charge in [0, 0.05) is 33.4 Å². The lowest BCUT2D eigenvalue weighted by atomic mass is 9.90. The van der Waals surface area contributed by atoms with Crippen LogP contribution in [0.25, 0.3) is 56.4 Å². The van der Waals surface area contributed by atoms with Crippen LogP contribution in [0.4, 0.5) is 0 Å². The molecule has 0 saturated carbocycles. The predicted octanol–water partition coefficient (Wildman–Crippen LogP) is 9.45. The summed E-state index contributed by atoms with van der Waals surface area (Å²) in [6.07, 6.45) is 0. The highest BCUT2D eigenvalue weighted by Crippen LogP contribution is 2.36. The van der Waals surface area contributed by atoms with E-state index in [0.29, 0.717) is 34.2 Å². The highest BCUT2D eigenvalue weighted by atomic mass is 16.5. The number of ether oxygens (including phenoxy) is 1. The van der Waals surface area contributed by atoms with Gasteiger partial charge in [-0.05, 0) is 47.0 Å². The summed E-state index contributed by atoms with van der Waals surface area (Å²) in [6.45, 7) is 0. The number of nitrogens with zero attached hydrogens (tertiary/aromatic N) is 4. The van der Waals surface area contributed by atoms with Gasteiger partial charge < -0.3 is 4.74 Å². The molecule has 2 N–H and O–H groups in total. The molecule has 0 spiro atoms. The maximum Gasteiger partial charge on any atom is 0.221 e. The van der Waals surface area contributed by atoms with E-state index in [1.165, 1.54) is 0 Å². The van der Waals surface area contributed by atoms with Gasteiger partial charge in [-0.2, -0.15) is 5.26 Å². The van der Waals surface area contributed by atoms with Crippen molar-refractivity contribution in [3.8, 4) is 62.5 Å². The number of hydrogen-bond acceptors (Lipinski definition) is 7. The summed E-state index contributed by atoms with van der Waals surface area (Å²) in [4.78, 5) is 14.5. The van der Waals surface area contributed by atoms with Gasteiger partial charge in [-0.25, -0.2) is 15.0 Å². The highest BCUT2D eigenvalue weighted by Gasteiger charge is 2.16. The summed E-state index contributed by atoms with van der Waals surface area (Å²) < 4.78 is 5.52. The molecule has 0 radical (unpaired) electrons. The normalized spacial score (nSPS) is 10.6. The van der Waals surface area contributed by atoms with E-state index in [0.717, 1.165) is 38.9 Å². The number of benzene rings is 6. The minimum absolute atomic E-state index is 0.0909. The summed E-state index contributed by atoms with van der Waals surface area (Å²) in [5, 5.41) is 26.8. The molecular formula is C42H28N6O. The first-order chi connectivity index (χ1) is 24.1. The monoisotopic (exact) mass is 632 g/mol. The Balaban J connectivity index is 1.21. The largest absolute Gasteiger partial charge is 0.421 e. The third-order valence-corrected chi connectivity index (χ3v) is 8.01. The number of hydrogen-bond donors (Lipinski definition) is 2. The van der Waals surface area contributed by atoms with Crippen LogP contribution in [0.15, 0.2) is 158 Å². The summed E-state index contributed by atoms with van der Waals surface area (Å²) in [6, 6.07) is 52.0. The third-order valence-electron chi connectivity index (χ3n) is 8.01. The Kier molecular flexibility index (Phi) is 8.59. The fourth-order valence-corrected chi connectivity index (χ4v) is 5.53. The molecule has 0 unspecified atom stereocenters. The van der Waals surface area contributed by atoms with Gasteiger partial charge in [0.05, 0.1) is 11.6 Å². The molecule has 1 aromatic heterocycles. The van der Waals surface area contributed by atoms with Crippen LogP contribution < -0.4 is 0 Å². The fraction of sp³-hybridized carbons (Fsp3) is 0. The van der Waals surface area contributed by atoms with Gasteiger partial charge in [-0.1, -0.05) is 127 Å². The zero-order chi connectivity index (χ0) is 33.6. The quantitative estimate of drug-likeness (QED) is 0.134. The second kappa shape index (κ2) is 13.8. The molecule has 0 atom stereocenters. The molecule has 0 amide bonds. The molecule has 0 bridgehead atoms. The van der Waals surface area contributed by atoms with Gasteiger partial charge in [0.2, 0.25) is 11.8 Å². The summed E-state index contributed by atoms with van der Waals surface area (Å²) >= 11 is 0. The first-order valence-corrected chi connectivity index (χ1v) is 15.6. The van der Waals surface area contributed by atoms with Crippen LogP contribution in [0.5, 0.6) is 0 Å². The van der Waals surface area contributed by atoms with Crippen molar-refractivity contribution >= 4 is 11.8 Å². The lowest BCUT2D eigenvalue weighted by Gasteiger charge is -2.14. The van der Waals surface area contributed by atoms with Crippen molar-refractivity contribution in [3.63, 3.8) is 0 Å². The first kappa shape index (κ1) is 30.6. The van der Waals surface area contributed by atoms with Gasteiger partial charge >= 0.3 is 0 Å². The lowest BCUT2D eigenvalue weighted by Crippen LogP contribution is -2.12. The molecule has 0 aliphatic carbocycles. The summed E-state index contributed by atoms with van der Waals surface area (Å²) in [5.74, 6) is 1.51. The Morgan fingerprint density at radius 1 is 0.449 bits per heavy atom. The molecule has 1 heterocycles. The zero-order valence-electron chi connectivity index (χ0n) is 26.2. The van der Waals surface area contributed by atoms with E-state index in [4.69, 9.17) is 30.5 Å². The third kappa shape index (κ3) is 6.61. The van der Waals surface area contributed by atoms with Crippen molar-refractivity contribution in [1.29, 1.82) is 16.1 Å². The van der Waals surface area contributed by atoms with E-state index < -0.39 is 0 Å². The van der Waals surface area contributed by atoms with Gasteiger partial charge in [-0.3, -0.25) is 10.8 Å². The topological polar surface area (TPSA) is 119 Å². The standard InChI is InChI=1S/C42H28N6O/c43-27-35-17-10-18-36(28-19-23-31(24-20-28)39(45)49-38(44)30-11-4-1-5-12-30)37(35)29-21-25-34(26-22-29)42-47-40(32-13-6-2-7-14-32)46-41(48-42)33-15-8-3-9-16-33/h1-26,44-45H. The lowest BCUT2D eigenvalue weighted by molar-refractivity contribution is 0.538. The Labute approximate surface area is 283 Å². The van der Waals surface area contributed by atoms with E-state index in [1.807, 2.05) is 133 Å². The molecule has 7 aromatic rings. The molecule has 0 aliphatic heterocycles. The molecule has 232 valence electrons. The fourth-order valence-electron chi connectivity index (χ4n) is 5.53. The first-order valence-electron chi connectivity index (χ1n) is 15.6. The second-order valence-electron chi connectivity index (χ2n) is 11.2. The van der Waals surface area contributed by atoms with Crippen molar-refractivity contribution in [1.82, 2.24) is 15.0 Å². The van der Waals surface area contributed by atoms with E-state index >= 15 is 0 Å². The SMILES string of the molecule is N#Cc1cccc(-c2ccc(C(=N)OC(=N)c3ccccc3)cc2)c1-c1ccc(-c2nc(-c3ccccc3)nc(-c3ccccc3)n2)cc1. The van der Waals surface area contributed by atoms with Crippen LogP contribution in [-0.4, -0.2) is 26.7 Å². The van der Waals surface area contributed by atoms with E-state index in [-0.39, 0.29) is 11.8 Å². The molecule has 0 saturated heterocycles. The van der Waals surface area contributed by atoms with Crippen LogP contribution >= 0.6 is 0 Å². The van der Waals surface area contributed by atoms with Crippen LogP contribution in [0, 0.1) is 22.1 Å². The van der Waals surface area contributed by atoms with Crippen molar-refractivity contribution in [2.45, 2.75) is 0 Å².